The molecule has 1 fully saturated rings. The number of hydrogen-bond acceptors (Lipinski definition) is 2. The first-order chi connectivity index (χ1) is 10.6. The van der Waals surface area contributed by atoms with Crippen LogP contribution in [0.15, 0.2) is 17.4 Å². The van der Waals surface area contributed by atoms with E-state index in [2.05, 4.69) is 36.2 Å². The Bertz CT molecular complexity index is 477. The molecule has 132 valence electrons. The molecule has 0 atom stereocenters. The van der Waals surface area contributed by atoms with Gasteiger partial charge < -0.3 is 10.2 Å². The number of guanidine groups is 1. The lowest BCUT2D eigenvalue weighted by molar-refractivity contribution is 0.250. The van der Waals surface area contributed by atoms with Crippen molar-refractivity contribution in [3.05, 3.63) is 18.0 Å². The average molecular weight is 433 g/mol. The van der Waals surface area contributed by atoms with Crippen LogP contribution >= 0.6 is 24.0 Å². The van der Waals surface area contributed by atoms with Crippen LogP contribution in [-0.4, -0.2) is 40.8 Å². The van der Waals surface area contributed by atoms with E-state index in [0.29, 0.717) is 6.54 Å². The molecule has 1 saturated carbocycles. The zero-order valence-corrected chi connectivity index (χ0v) is 17.3. The monoisotopic (exact) mass is 433 g/mol. The fourth-order valence-corrected chi connectivity index (χ4v) is 3.17. The first-order valence-corrected chi connectivity index (χ1v) is 8.55. The van der Waals surface area contributed by atoms with E-state index in [-0.39, 0.29) is 24.0 Å². The van der Waals surface area contributed by atoms with Gasteiger partial charge in [0.05, 0.1) is 12.7 Å². The molecule has 1 aliphatic rings. The zero-order chi connectivity index (χ0) is 15.9. The molecule has 0 aromatic carbocycles. The van der Waals surface area contributed by atoms with Gasteiger partial charge in [-0.2, -0.15) is 5.10 Å². The third kappa shape index (κ3) is 6.69. The molecular weight excluding hydrogens is 401 g/mol. The van der Waals surface area contributed by atoms with Gasteiger partial charge in [0.25, 0.3) is 0 Å². The van der Waals surface area contributed by atoms with Crippen molar-refractivity contribution in [1.82, 2.24) is 20.0 Å². The van der Waals surface area contributed by atoms with Crippen LogP contribution in [0.1, 0.15) is 45.1 Å². The lowest BCUT2D eigenvalue weighted by Gasteiger charge is -2.31. The molecule has 23 heavy (non-hydrogen) atoms. The number of aliphatic imine (C=N–C) groups is 1. The van der Waals surface area contributed by atoms with Gasteiger partial charge in [-0.05, 0) is 31.6 Å². The van der Waals surface area contributed by atoms with Crippen LogP contribution in [0.2, 0.25) is 0 Å². The van der Waals surface area contributed by atoms with Crippen LogP contribution in [0.4, 0.5) is 0 Å². The maximum Gasteiger partial charge on any atom is 0.193 e. The minimum atomic E-state index is 0. The Labute approximate surface area is 157 Å². The Morgan fingerprint density at radius 2 is 2.09 bits per heavy atom. The van der Waals surface area contributed by atoms with Gasteiger partial charge in [0, 0.05) is 38.9 Å². The molecule has 0 spiro atoms. The topological polar surface area (TPSA) is 45.5 Å². The largest absolute Gasteiger partial charge is 0.357 e. The first-order valence-electron chi connectivity index (χ1n) is 8.55. The van der Waals surface area contributed by atoms with Gasteiger partial charge >= 0.3 is 0 Å². The van der Waals surface area contributed by atoms with Gasteiger partial charge in [0.1, 0.15) is 0 Å². The maximum absolute atomic E-state index is 4.76. The molecule has 1 heterocycles. The third-order valence-corrected chi connectivity index (χ3v) is 4.53. The van der Waals surface area contributed by atoms with Gasteiger partial charge in [-0.25, -0.2) is 4.99 Å². The van der Waals surface area contributed by atoms with Crippen LogP contribution in [0, 0.1) is 11.8 Å². The van der Waals surface area contributed by atoms with E-state index in [9.17, 15) is 0 Å². The highest BCUT2D eigenvalue weighted by Gasteiger charge is 2.20. The molecule has 0 saturated heterocycles. The standard InChI is InChI=1S/C17H31N5.HI/c1-5-18-17(19-10-16-11-20-22(4)13-16)21(3)12-15-8-6-14(2)7-9-15;/h11,13-15H,5-10,12H2,1-4H3,(H,18,19);1H. The number of hydrogen-bond donors (Lipinski definition) is 1. The first kappa shape index (κ1) is 20.3. The smallest absolute Gasteiger partial charge is 0.193 e. The molecule has 0 bridgehead atoms. The van der Waals surface area contributed by atoms with Crippen molar-refractivity contribution >= 4 is 29.9 Å². The molecule has 1 aliphatic carbocycles. The molecule has 5 nitrogen and oxygen atoms in total. The summed E-state index contributed by atoms with van der Waals surface area (Å²) in [6.07, 6.45) is 9.37. The molecule has 1 aromatic rings. The molecule has 2 rings (SSSR count). The fourth-order valence-electron chi connectivity index (χ4n) is 3.17. The Hall–Kier alpha value is -0.790. The van der Waals surface area contributed by atoms with Crippen LogP contribution in [0.5, 0.6) is 0 Å². The highest BCUT2D eigenvalue weighted by atomic mass is 127. The van der Waals surface area contributed by atoms with Gasteiger partial charge in [-0.3, -0.25) is 4.68 Å². The number of halogens is 1. The Balaban J connectivity index is 0.00000264. The van der Waals surface area contributed by atoms with Crippen molar-refractivity contribution in [2.24, 2.45) is 23.9 Å². The number of nitrogens with zero attached hydrogens (tertiary/aromatic N) is 4. The summed E-state index contributed by atoms with van der Waals surface area (Å²) in [5, 5.41) is 7.61. The van der Waals surface area contributed by atoms with E-state index in [1.807, 2.05) is 24.1 Å². The molecule has 0 aliphatic heterocycles. The molecule has 0 unspecified atom stereocenters. The predicted octanol–water partition coefficient (Wildman–Crippen LogP) is 3.26. The van der Waals surface area contributed by atoms with Crippen molar-refractivity contribution in [2.45, 2.75) is 46.1 Å². The zero-order valence-electron chi connectivity index (χ0n) is 15.0. The number of rotatable bonds is 5. The van der Waals surface area contributed by atoms with E-state index >= 15 is 0 Å². The van der Waals surface area contributed by atoms with Crippen molar-refractivity contribution in [3.63, 3.8) is 0 Å². The van der Waals surface area contributed by atoms with Crippen molar-refractivity contribution < 1.29 is 0 Å². The Morgan fingerprint density at radius 3 is 2.65 bits per heavy atom. The number of aryl methyl sites for hydroxylation is 1. The fraction of sp³-hybridized carbons (Fsp3) is 0.765. The quantitative estimate of drug-likeness (QED) is 0.441. The van der Waals surface area contributed by atoms with E-state index in [4.69, 9.17) is 4.99 Å². The van der Waals surface area contributed by atoms with Gasteiger partial charge in [0.15, 0.2) is 5.96 Å². The summed E-state index contributed by atoms with van der Waals surface area (Å²) in [6, 6.07) is 0. The van der Waals surface area contributed by atoms with E-state index in [1.165, 1.54) is 25.7 Å². The lowest BCUT2D eigenvalue weighted by atomic mass is 9.83. The van der Waals surface area contributed by atoms with Crippen molar-refractivity contribution in [1.29, 1.82) is 0 Å². The molecule has 1 aromatic heterocycles. The van der Waals surface area contributed by atoms with Gasteiger partial charge in [-0.1, -0.05) is 19.8 Å². The second-order valence-corrected chi connectivity index (χ2v) is 6.70. The van der Waals surface area contributed by atoms with E-state index < -0.39 is 0 Å². The van der Waals surface area contributed by atoms with Crippen LogP contribution < -0.4 is 5.32 Å². The minimum Gasteiger partial charge on any atom is -0.357 e. The van der Waals surface area contributed by atoms with E-state index in [0.717, 1.165) is 36.4 Å². The average Bonchev–Trinajstić information content (AvgIpc) is 2.91. The number of aromatic nitrogens is 2. The lowest BCUT2D eigenvalue weighted by Crippen LogP contribution is -2.41. The van der Waals surface area contributed by atoms with Crippen molar-refractivity contribution in [3.8, 4) is 0 Å². The predicted molar refractivity (Wildman–Crippen MR) is 107 cm³/mol. The summed E-state index contributed by atoms with van der Waals surface area (Å²) >= 11 is 0. The van der Waals surface area contributed by atoms with Gasteiger partial charge in [0.2, 0.25) is 0 Å². The van der Waals surface area contributed by atoms with Crippen molar-refractivity contribution in [2.75, 3.05) is 20.1 Å². The highest BCUT2D eigenvalue weighted by Crippen LogP contribution is 2.28. The summed E-state index contributed by atoms with van der Waals surface area (Å²) in [6.45, 7) is 7.18. The summed E-state index contributed by atoms with van der Waals surface area (Å²) in [5.74, 6) is 2.72. The Kier molecular flexibility index (Phi) is 8.94. The Morgan fingerprint density at radius 1 is 1.39 bits per heavy atom. The van der Waals surface area contributed by atoms with Crippen LogP contribution in [0.3, 0.4) is 0 Å². The molecule has 0 radical (unpaired) electrons. The SMILES string of the molecule is CCNC(=NCc1cnn(C)c1)N(C)CC1CCC(C)CC1.I. The summed E-state index contributed by atoms with van der Waals surface area (Å²) in [4.78, 5) is 7.05. The van der Waals surface area contributed by atoms with Crippen LogP contribution in [-0.2, 0) is 13.6 Å². The summed E-state index contributed by atoms with van der Waals surface area (Å²) in [5.41, 5.74) is 1.15. The molecule has 0 amide bonds. The second kappa shape index (κ2) is 10.2. The normalized spacial score (nSPS) is 21.7. The number of nitrogens with one attached hydrogen (secondary N) is 1. The summed E-state index contributed by atoms with van der Waals surface area (Å²) < 4.78 is 1.82. The summed E-state index contributed by atoms with van der Waals surface area (Å²) in [7, 11) is 4.09. The molecule has 6 heteroatoms. The van der Waals surface area contributed by atoms with Gasteiger partial charge in [-0.15, -0.1) is 24.0 Å². The minimum absolute atomic E-state index is 0. The highest BCUT2D eigenvalue weighted by molar-refractivity contribution is 14.0. The van der Waals surface area contributed by atoms with E-state index in [1.54, 1.807) is 0 Å². The maximum atomic E-state index is 4.76. The second-order valence-electron chi connectivity index (χ2n) is 6.70. The molecule has 1 N–H and O–H groups in total. The molecular formula is C17H32IN5. The van der Waals surface area contributed by atoms with Crippen LogP contribution in [0.25, 0.3) is 0 Å². The third-order valence-electron chi connectivity index (χ3n) is 4.53.